The molecule has 0 aliphatic heterocycles. The van der Waals surface area contributed by atoms with Gasteiger partial charge in [0.25, 0.3) is 0 Å². The summed E-state index contributed by atoms with van der Waals surface area (Å²) >= 11 is 0. The van der Waals surface area contributed by atoms with E-state index >= 15 is 0 Å². The van der Waals surface area contributed by atoms with Crippen molar-refractivity contribution in [1.82, 2.24) is 0 Å². The topological polar surface area (TPSA) is 118 Å². The summed E-state index contributed by atoms with van der Waals surface area (Å²) in [6.07, 6.45) is 1.70. The van der Waals surface area contributed by atoms with Gasteiger partial charge in [-0.1, -0.05) is 6.07 Å². The lowest BCUT2D eigenvalue weighted by Crippen LogP contribution is -2.22. The predicted octanol–water partition coefficient (Wildman–Crippen LogP) is 2.55. The third-order valence-corrected chi connectivity index (χ3v) is 5.00. The monoisotopic (exact) mass is 419 g/mol. The summed E-state index contributed by atoms with van der Waals surface area (Å²) in [6.45, 7) is 0. The van der Waals surface area contributed by atoms with Gasteiger partial charge in [0.1, 0.15) is 28.7 Å². The van der Waals surface area contributed by atoms with Gasteiger partial charge in [0.2, 0.25) is 0 Å². The SMILES string of the molecule is COc1cc(OC)c(/C=C/S(=O)Cc2ccc(OC)c(N=C(N)N)c2)c(OC)c1. The first-order valence-corrected chi connectivity index (χ1v) is 9.92. The Morgan fingerprint density at radius 1 is 0.966 bits per heavy atom. The van der Waals surface area contributed by atoms with Gasteiger partial charge >= 0.3 is 0 Å². The lowest BCUT2D eigenvalue weighted by molar-refractivity contribution is 0.374. The summed E-state index contributed by atoms with van der Waals surface area (Å²) in [5.41, 5.74) is 12.8. The molecule has 1 unspecified atom stereocenters. The highest BCUT2D eigenvalue weighted by atomic mass is 32.2. The standard InChI is InChI=1S/C20H25N3O5S/c1-25-14-10-18(27-3)15(19(11-14)28-4)7-8-29(24)12-13-5-6-17(26-2)16(9-13)23-20(21)22/h5-11H,12H2,1-4H3,(H4,21,22,23)/b8-7+. The van der Waals surface area contributed by atoms with Crippen molar-refractivity contribution in [2.45, 2.75) is 5.75 Å². The zero-order chi connectivity index (χ0) is 21.4. The van der Waals surface area contributed by atoms with Gasteiger partial charge in [-0.05, 0) is 23.8 Å². The molecule has 0 spiro atoms. The average Bonchev–Trinajstić information content (AvgIpc) is 2.71. The van der Waals surface area contributed by atoms with Crippen LogP contribution in [0.25, 0.3) is 6.08 Å². The van der Waals surface area contributed by atoms with Gasteiger partial charge in [0, 0.05) is 17.5 Å². The Morgan fingerprint density at radius 2 is 1.59 bits per heavy atom. The van der Waals surface area contributed by atoms with Crippen molar-refractivity contribution in [2.24, 2.45) is 16.5 Å². The van der Waals surface area contributed by atoms with E-state index in [1.54, 1.807) is 57.1 Å². The fraction of sp³-hybridized carbons (Fsp3) is 0.250. The first kappa shape index (κ1) is 22.1. The van der Waals surface area contributed by atoms with E-state index in [0.717, 1.165) is 5.56 Å². The van der Waals surface area contributed by atoms with Gasteiger partial charge in [-0.2, -0.15) is 0 Å². The number of nitrogens with two attached hydrogens (primary N) is 2. The van der Waals surface area contributed by atoms with Crippen molar-refractivity contribution in [3.8, 4) is 23.0 Å². The van der Waals surface area contributed by atoms with E-state index in [0.29, 0.717) is 34.2 Å². The molecule has 4 N–H and O–H groups in total. The number of hydrogen-bond acceptors (Lipinski definition) is 6. The lowest BCUT2D eigenvalue weighted by Gasteiger charge is -2.12. The van der Waals surface area contributed by atoms with Crippen LogP contribution in [0, 0.1) is 0 Å². The molecule has 156 valence electrons. The summed E-state index contributed by atoms with van der Waals surface area (Å²) in [5.74, 6) is 2.41. The molecule has 0 radical (unpaired) electrons. The minimum atomic E-state index is -1.30. The highest BCUT2D eigenvalue weighted by Gasteiger charge is 2.12. The van der Waals surface area contributed by atoms with E-state index in [1.165, 1.54) is 7.11 Å². The van der Waals surface area contributed by atoms with Gasteiger partial charge < -0.3 is 30.4 Å². The van der Waals surface area contributed by atoms with E-state index in [9.17, 15) is 4.21 Å². The Kier molecular flexibility index (Phi) is 7.90. The second kappa shape index (κ2) is 10.4. The van der Waals surface area contributed by atoms with E-state index in [1.807, 2.05) is 6.07 Å². The van der Waals surface area contributed by atoms with Crippen LogP contribution < -0.4 is 30.4 Å². The van der Waals surface area contributed by atoms with Crippen LogP contribution >= 0.6 is 0 Å². The van der Waals surface area contributed by atoms with Crippen molar-refractivity contribution in [3.05, 3.63) is 46.9 Å². The molecular weight excluding hydrogens is 394 g/mol. The van der Waals surface area contributed by atoms with E-state index in [4.69, 9.17) is 30.4 Å². The number of benzene rings is 2. The number of methoxy groups -OCH3 is 4. The Morgan fingerprint density at radius 3 is 2.10 bits per heavy atom. The number of rotatable bonds is 9. The molecule has 2 aromatic carbocycles. The first-order chi connectivity index (χ1) is 13.9. The molecular formula is C20H25N3O5S. The van der Waals surface area contributed by atoms with Crippen LogP contribution in [0.15, 0.2) is 40.7 Å². The van der Waals surface area contributed by atoms with Gasteiger partial charge in [0.05, 0.1) is 50.6 Å². The molecule has 1 atom stereocenters. The summed E-state index contributed by atoms with van der Waals surface area (Å²) < 4.78 is 33.9. The maximum atomic E-state index is 12.6. The third-order valence-electron chi connectivity index (χ3n) is 3.94. The Bertz CT molecular complexity index is 915. The highest BCUT2D eigenvalue weighted by Crippen LogP contribution is 2.35. The van der Waals surface area contributed by atoms with Gasteiger partial charge in [-0.15, -0.1) is 0 Å². The molecule has 0 bridgehead atoms. The molecule has 0 aliphatic rings. The second-order valence-electron chi connectivity index (χ2n) is 5.82. The minimum absolute atomic E-state index is 0.0832. The van der Waals surface area contributed by atoms with E-state index in [-0.39, 0.29) is 11.7 Å². The average molecular weight is 420 g/mol. The maximum Gasteiger partial charge on any atom is 0.191 e. The highest BCUT2D eigenvalue weighted by molar-refractivity contribution is 7.87. The number of hydrogen-bond donors (Lipinski definition) is 2. The van der Waals surface area contributed by atoms with Crippen LogP contribution in [0.4, 0.5) is 5.69 Å². The van der Waals surface area contributed by atoms with Crippen molar-refractivity contribution in [3.63, 3.8) is 0 Å². The van der Waals surface area contributed by atoms with Crippen LogP contribution in [0.5, 0.6) is 23.0 Å². The molecule has 0 aromatic heterocycles. The van der Waals surface area contributed by atoms with E-state index < -0.39 is 10.8 Å². The predicted molar refractivity (Wildman–Crippen MR) is 115 cm³/mol. The Hall–Kier alpha value is -3.20. The molecule has 9 heteroatoms. The van der Waals surface area contributed by atoms with Crippen molar-refractivity contribution in [1.29, 1.82) is 0 Å². The first-order valence-electron chi connectivity index (χ1n) is 8.53. The van der Waals surface area contributed by atoms with Crippen LogP contribution in [0.2, 0.25) is 0 Å². The number of nitrogens with zero attached hydrogens (tertiary/aromatic N) is 1. The summed E-state index contributed by atoms with van der Waals surface area (Å²) in [6, 6.07) is 8.74. The molecule has 0 saturated carbocycles. The molecule has 0 heterocycles. The van der Waals surface area contributed by atoms with Crippen LogP contribution in [0.1, 0.15) is 11.1 Å². The molecule has 2 aromatic rings. The van der Waals surface area contributed by atoms with Crippen LogP contribution in [-0.2, 0) is 16.6 Å². The molecule has 29 heavy (non-hydrogen) atoms. The largest absolute Gasteiger partial charge is 0.496 e. The quantitative estimate of drug-likeness (QED) is 0.473. The zero-order valence-electron chi connectivity index (χ0n) is 16.8. The fourth-order valence-electron chi connectivity index (χ4n) is 2.61. The molecule has 0 saturated heterocycles. The third kappa shape index (κ3) is 5.89. The lowest BCUT2D eigenvalue weighted by atomic mass is 10.1. The molecule has 2 rings (SSSR count). The van der Waals surface area contributed by atoms with Crippen LogP contribution in [0.3, 0.4) is 0 Å². The summed E-state index contributed by atoms with van der Waals surface area (Å²) in [7, 11) is 4.87. The van der Waals surface area contributed by atoms with Crippen LogP contribution in [-0.4, -0.2) is 38.6 Å². The van der Waals surface area contributed by atoms with Gasteiger partial charge in [0.15, 0.2) is 5.96 Å². The second-order valence-corrected chi connectivity index (χ2v) is 7.14. The Labute approximate surface area is 172 Å². The van der Waals surface area contributed by atoms with Crippen molar-refractivity contribution in [2.75, 3.05) is 28.4 Å². The normalized spacial score (nSPS) is 11.7. The molecule has 0 aliphatic carbocycles. The fourth-order valence-corrected chi connectivity index (χ4v) is 3.50. The number of ether oxygens (including phenoxy) is 4. The Balaban J connectivity index is 2.26. The van der Waals surface area contributed by atoms with Gasteiger partial charge in [-0.3, -0.25) is 4.21 Å². The minimum Gasteiger partial charge on any atom is -0.496 e. The smallest absolute Gasteiger partial charge is 0.191 e. The van der Waals surface area contributed by atoms with E-state index in [2.05, 4.69) is 4.99 Å². The molecule has 8 nitrogen and oxygen atoms in total. The molecule has 0 fully saturated rings. The zero-order valence-corrected chi connectivity index (χ0v) is 17.6. The summed E-state index contributed by atoms with van der Waals surface area (Å²) in [4.78, 5) is 4.04. The number of guanidine groups is 1. The molecule has 0 amide bonds. The van der Waals surface area contributed by atoms with Crippen molar-refractivity contribution >= 4 is 28.5 Å². The number of aliphatic imine (C=N–C) groups is 1. The maximum absolute atomic E-state index is 12.6. The van der Waals surface area contributed by atoms with Gasteiger partial charge in [-0.25, -0.2) is 4.99 Å². The summed E-state index contributed by atoms with van der Waals surface area (Å²) in [5, 5.41) is 1.58. The van der Waals surface area contributed by atoms with Crippen molar-refractivity contribution < 1.29 is 23.2 Å².